The van der Waals surface area contributed by atoms with E-state index in [0.29, 0.717) is 5.56 Å². The zero-order valence-corrected chi connectivity index (χ0v) is 18.9. The third-order valence-electron chi connectivity index (χ3n) is 6.04. The molecule has 0 radical (unpaired) electrons. The van der Waals surface area contributed by atoms with Crippen LogP contribution in [0.4, 0.5) is 4.39 Å². The van der Waals surface area contributed by atoms with Crippen LogP contribution in [0.15, 0.2) is 54.7 Å². The van der Waals surface area contributed by atoms with E-state index in [0.717, 1.165) is 55.0 Å². The van der Waals surface area contributed by atoms with E-state index < -0.39 is 0 Å². The van der Waals surface area contributed by atoms with Gasteiger partial charge in [0.05, 0.1) is 17.3 Å². The van der Waals surface area contributed by atoms with Crippen molar-refractivity contribution in [1.82, 2.24) is 19.8 Å². The van der Waals surface area contributed by atoms with Crippen LogP contribution in [-0.4, -0.2) is 46.3 Å². The average molecular weight is 433 g/mol. The van der Waals surface area contributed by atoms with E-state index in [1.54, 1.807) is 25.2 Å². The highest BCUT2D eigenvalue weighted by Crippen LogP contribution is 2.31. The Balaban J connectivity index is 1.56. The Hall–Kier alpha value is -3.12. The normalized spacial score (nSPS) is 16.7. The topological polar surface area (TPSA) is 49.3 Å². The van der Waals surface area contributed by atoms with Crippen molar-refractivity contribution in [2.75, 3.05) is 20.6 Å². The summed E-state index contributed by atoms with van der Waals surface area (Å²) < 4.78 is 13.3. The molecule has 1 fully saturated rings. The van der Waals surface area contributed by atoms with Gasteiger partial charge in [0.25, 0.3) is 5.91 Å². The first-order chi connectivity index (χ1) is 15.4. The Morgan fingerprint density at radius 3 is 2.62 bits per heavy atom. The second-order valence-electron chi connectivity index (χ2n) is 8.62. The van der Waals surface area contributed by atoms with Gasteiger partial charge in [-0.2, -0.15) is 0 Å². The average Bonchev–Trinajstić information content (AvgIpc) is 2.79. The van der Waals surface area contributed by atoms with Crippen LogP contribution in [0, 0.1) is 12.7 Å². The number of benzene rings is 2. The summed E-state index contributed by atoms with van der Waals surface area (Å²) in [4.78, 5) is 25.6. The molecule has 0 aliphatic carbocycles. The van der Waals surface area contributed by atoms with Crippen LogP contribution in [0.1, 0.15) is 52.7 Å². The third-order valence-corrected chi connectivity index (χ3v) is 6.04. The lowest BCUT2D eigenvalue weighted by molar-refractivity contribution is 0.0825. The SMILES string of the molecule is Cc1nc(C2CCCCN2Cc2cccc(-c3ccc(F)cc3)c2)ncc1C(=O)N(C)C. The number of carbonyl (C=O) groups excluding carboxylic acids is 1. The van der Waals surface area contributed by atoms with Crippen LogP contribution in [0.5, 0.6) is 0 Å². The molecule has 1 amide bonds. The lowest BCUT2D eigenvalue weighted by Gasteiger charge is -2.35. The van der Waals surface area contributed by atoms with Gasteiger partial charge in [-0.3, -0.25) is 9.69 Å². The van der Waals surface area contributed by atoms with Crippen LogP contribution in [0.2, 0.25) is 0 Å². The van der Waals surface area contributed by atoms with Crippen molar-refractivity contribution >= 4 is 5.91 Å². The van der Waals surface area contributed by atoms with E-state index in [2.05, 4.69) is 34.1 Å². The highest BCUT2D eigenvalue weighted by molar-refractivity contribution is 5.94. The highest BCUT2D eigenvalue weighted by atomic mass is 19.1. The highest BCUT2D eigenvalue weighted by Gasteiger charge is 2.27. The summed E-state index contributed by atoms with van der Waals surface area (Å²) in [7, 11) is 3.47. The van der Waals surface area contributed by atoms with Crippen molar-refractivity contribution < 1.29 is 9.18 Å². The molecular formula is C26H29FN4O. The molecule has 2 heterocycles. The van der Waals surface area contributed by atoms with Gasteiger partial charge in [0.15, 0.2) is 0 Å². The smallest absolute Gasteiger partial charge is 0.256 e. The first-order valence-electron chi connectivity index (χ1n) is 11.1. The fraction of sp³-hybridized carbons (Fsp3) is 0.346. The van der Waals surface area contributed by atoms with Crippen molar-refractivity contribution in [1.29, 1.82) is 0 Å². The zero-order chi connectivity index (χ0) is 22.7. The molecule has 0 saturated carbocycles. The molecule has 1 aromatic heterocycles. The number of piperidine rings is 1. The number of hydrogen-bond acceptors (Lipinski definition) is 4. The first kappa shape index (κ1) is 22.1. The summed E-state index contributed by atoms with van der Waals surface area (Å²) in [6, 6.07) is 15.1. The van der Waals surface area contributed by atoms with Crippen LogP contribution < -0.4 is 0 Å². The van der Waals surface area contributed by atoms with Gasteiger partial charge in [0.2, 0.25) is 0 Å². The molecule has 1 saturated heterocycles. The van der Waals surface area contributed by atoms with Gasteiger partial charge >= 0.3 is 0 Å². The minimum atomic E-state index is -0.227. The molecule has 0 spiro atoms. The number of nitrogens with zero attached hydrogens (tertiary/aromatic N) is 4. The Bertz CT molecular complexity index is 1100. The van der Waals surface area contributed by atoms with Gasteiger partial charge in [0, 0.05) is 26.8 Å². The molecule has 166 valence electrons. The maximum absolute atomic E-state index is 13.3. The Kier molecular flexibility index (Phi) is 6.61. The van der Waals surface area contributed by atoms with Gasteiger partial charge in [-0.15, -0.1) is 0 Å². The quantitative estimate of drug-likeness (QED) is 0.568. The number of halogens is 1. The lowest BCUT2D eigenvalue weighted by atomic mass is 9.98. The molecule has 32 heavy (non-hydrogen) atoms. The van der Waals surface area contributed by atoms with Crippen LogP contribution in [-0.2, 0) is 6.54 Å². The monoisotopic (exact) mass is 432 g/mol. The predicted octanol–water partition coefficient (Wildman–Crippen LogP) is 5.02. The minimum absolute atomic E-state index is 0.0767. The molecule has 1 aliphatic heterocycles. The van der Waals surface area contributed by atoms with E-state index >= 15 is 0 Å². The molecule has 1 aliphatic rings. The molecule has 1 atom stereocenters. The molecule has 4 rings (SSSR count). The Labute approximate surface area is 188 Å². The van der Waals surface area contributed by atoms with E-state index in [4.69, 9.17) is 4.98 Å². The van der Waals surface area contributed by atoms with Gasteiger partial charge in [0.1, 0.15) is 11.6 Å². The van der Waals surface area contributed by atoms with Crippen molar-refractivity contribution in [3.8, 4) is 11.1 Å². The van der Waals surface area contributed by atoms with Gasteiger partial charge in [-0.1, -0.05) is 36.8 Å². The summed E-state index contributed by atoms with van der Waals surface area (Å²) in [5.41, 5.74) is 4.55. The summed E-state index contributed by atoms with van der Waals surface area (Å²) in [5, 5.41) is 0. The van der Waals surface area contributed by atoms with E-state index in [-0.39, 0.29) is 17.8 Å². The largest absolute Gasteiger partial charge is 0.345 e. The predicted molar refractivity (Wildman–Crippen MR) is 124 cm³/mol. The molecule has 0 bridgehead atoms. The van der Waals surface area contributed by atoms with E-state index in [9.17, 15) is 9.18 Å². The zero-order valence-electron chi connectivity index (χ0n) is 18.9. The number of hydrogen-bond donors (Lipinski definition) is 0. The second-order valence-corrected chi connectivity index (χ2v) is 8.62. The minimum Gasteiger partial charge on any atom is -0.345 e. The molecule has 6 heteroatoms. The second kappa shape index (κ2) is 9.57. The summed E-state index contributed by atoms with van der Waals surface area (Å²) in [6.07, 6.45) is 4.95. The van der Waals surface area contributed by atoms with Gasteiger partial charge < -0.3 is 4.90 Å². The van der Waals surface area contributed by atoms with Crippen LogP contribution in [0.3, 0.4) is 0 Å². The number of aryl methyl sites for hydroxylation is 1. The molecule has 1 unspecified atom stereocenters. The van der Waals surface area contributed by atoms with Crippen molar-refractivity contribution in [2.24, 2.45) is 0 Å². The van der Waals surface area contributed by atoms with Crippen molar-refractivity contribution in [2.45, 2.75) is 38.8 Å². The Morgan fingerprint density at radius 2 is 1.91 bits per heavy atom. The van der Waals surface area contributed by atoms with Crippen molar-refractivity contribution in [3.05, 3.63) is 83.2 Å². The maximum Gasteiger partial charge on any atom is 0.256 e. The third kappa shape index (κ3) is 4.86. The number of carbonyl (C=O) groups is 1. The van der Waals surface area contributed by atoms with E-state index in [1.807, 2.05) is 19.1 Å². The van der Waals surface area contributed by atoms with E-state index in [1.165, 1.54) is 17.7 Å². The number of likely N-dealkylation sites (tertiary alicyclic amines) is 1. The lowest BCUT2D eigenvalue weighted by Crippen LogP contribution is -2.34. The maximum atomic E-state index is 13.3. The molecular weight excluding hydrogens is 403 g/mol. The number of rotatable bonds is 5. The van der Waals surface area contributed by atoms with Crippen molar-refractivity contribution in [3.63, 3.8) is 0 Å². The molecule has 5 nitrogen and oxygen atoms in total. The molecule has 3 aromatic rings. The first-order valence-corrected chi connectivity index (χ1v) is 11.1. The number of amides is 1. The van der Waals surface area contributed by atoms with Crippen LogP contribution >= 0.6 is 0 Å². The van der Waals surface area contributed by atoms with Gasteiger partial charge in [-0.25, -0.2) is 14.4 Å². The summed E-state index contributed by atoms with van der Waals surface area (Å²) >= 11 is 0. The Morgan fingerprint density at radius 1 is 1.12 bits per heavy atom. The van der Waals surface area contributed by atoms with Gasteiger partial charge in [-0.05, 0) is 61.2 Å². The fourth-order valence-electron chi connectivity index (χ4n) is 4.30. The number of aromatic nitrogens is 2. The fourth-order valence-corrected chi connectivity index (χ4v) is 4.30. The molecule has 2 aromatic carbocycles. The van der Waals surface area contributed by atoms with Crippen LogP contribution in [0.25, 0.3) is 11.1 Å². The standard InChI is InChI=1S/C26H29FN4O/c1-18-23(26(32)30(2)3)16-28-25(29-18)24-9-4-5-14-31(24)17-19-7-6-8-21(15-19)20-10-12-22(27)13-11-20/h6-8,10-13,15-16,24H,4-5,9,14,17H2,1-3H3. The summed E-state index contributed by atoms with van der Waals surface area (Å²) in [5.74, 6) is 0.481. The molecule has 0 N–H and O–H groups in total. The summed E-state index contributed by atoms with van der Waals surface area (Å²) in [6.45, 7) is 3.65.